The van der Waals surface area contributed by atoms with Gasteiger partial charge in [-0.05, 0) is 40.8 Å². The highest BCUT2D eigenvalue weighted by atomic mass is 79.9. The molecular weight excluding hydrogens is 375 g/mol. The number of allylic oxidation sites excluding steroid dienone is 4. The highest BCUT2D eigenvalue weighted by Gasteiger charge is 2.00. The van der Waals surface area contributed by atoms with Crippen LogP contribution in [0.5, 0.6) is 0 Å². The van der Waals surface area contributed by atoms with Crippen molar-refractivity contribution in [3.8, 4) is 12.3 Å². The van der Waals surface area contributed by atoms with Gasteiger partial charge in [-0.15, -0.1) is 11.9 Å². The Morgan fingerprint density at radius 1 is 1.05 bits per heavy atom. The summed E-state index contributed by atoms with van der Waals surface area (Å²) in [4.78, 5) is 0. The van der Waals surface area contributed by atoms with E-state index < -0.39 is 0 Å². The van der Waals surface area contributed by atoms with Crippen LogP contribution in [0.2, 0.25) is 0 Å². The Balaban J connectivity index is 3.77. The molecule has 0 aliphatic carbocycles. The highest BCUT2D eigenvalue weighted by molar-refractivity contribution is 9.12. The largest absolute Gasteiger partial charge is 0.133 e. The topological polar surface area (TPSA) is 0 Å². The maximum atomic E-state index is 5.47. The van der Waals surface area contributed by atoms with Gasteiger partial charge in [0.05, 0.1) is 4.48 Å². The van der Waals surface area contributed by atoms with Crippen molar-refractivity contribution in [1.29, 1.82) is 0 Å². The van der Waals surface area contributed by atoms with Gasteiger partial charge in [0, 0.05) is 5.33 Å². The van der Waals surface area contributed by atoms with E-state index in [0.29, 0.717) is 0 Å². The minimum Gasteiger partial charge on any atom is -0.114 e. The van der Waals surface area contributed by atoms with Crippen LogP contribution in [0.15, 0.2) is 21.6 Å². The van der Waals surface area contributed by atoms with E-state index >= 15 is 0 Å². The Bertz CT molecular complexity index is 346. The monoisotopic (exact) mass is 400 g/mol. The zero-order chi connectivity index (χ0) is 15.2. The molecule has 0 spiro atoms. The Kier molecular flexibility index (Phi) is 14.1. The highest BCUT2D eigenvalue weighted by Crippen LogP contribution is 2.20. The Labute approximate surface area is 143 Å². The van der Waals surface area contributed by atoms with E-state index in [9.17, 15) is 0 Å². The Morgan fingerprint density at radius 3 is 2.00 bits per heavy atom. The molecule has 20 heavy (non-hydrogen) atoms. The predicted octanol–water partition coefficient (Wildman–Crippen LogP) is 5.71. The molecule has 0 radical (unpaired) electrons. The van der Waals surface area contributed by atoms with E-state index in [2.05, 4.69) is 58.6 Å². The summed E-state index contributed by atoms with van der Waals surface area (Å²) < 4.78 is 0.911. The van der Waals surface area contributed by atoms with Crippen LogP contribution in [0.25, 0.3) is 0 Å². The number of hydrogen-bond donors (Lipinski definition) is 0. The first kappa shape index (κ1) is 20.1. The molecule has 0 heterocycles. The lowest BCUT2D eigenvalue weighted by atomic mass is 9.93. The van der Waals surface area contributed by atoms with Crippen LogP contribution in [0.1, 0.15) is 64.7 Å². The van der Waals surface area contributed by atoms with Crippen molar-refractivity contribution in [2.45, 2.75) is 64.7 Å². The van der Waals surface area contributed by atoms with E-state index in [-0.39, 0.29) is 0 Å². The van der Waals surface area contributed by atoms with Crippen molar-refractivity contribution in [1.82, 2.24) is 0 Å². The van der Waals surface area contributed by atoms with Gasteiger partial charge in [-0.1, -0.05) is 73.4 Å². The van der Waals surface area contributed by atoms with Gasteiger partial charge >= 0.3 is 0 Å². The molecule has 0 atom stereocenters. The summed E-state index contributed by atoms with van der Waals surface area (Å²) in [5, 5.41) is 1.15. The molecule has 0 N–H and O–H groups in total. The molecule has 0 bridgehead atoms. The van der Waals surface area contributed by atoms with Crippen LogP contribution in [-0.4, -0.2) is 13.2 Å². The summed E-state index contributed by atoms with van der Waals surface area (Å²) in [6.07, 6.45) is 19.5. The van der Waals surface area contributed by atoms with E-state index in [1.54, 1.807) is 0 Å². The molecule has 0 unspecified atom stereocenters. The van der Waals surface area contributed by atoms with Gasteiger partial charge < -0.3 is 0 Å². The normalized spacial score (nSPS) is 13.0. The Morgan fingerprint density at radius 2 is 1.55 bits per heavy atom. The number of halogens is 2. The predicted molar refractivity (Wildman–Crippen MR) is 102 cm³/mol. The van der Waals surface area contributed by atoms with Gasteiger partial charge in [0.15, 0.2) is 0 Å². The van der Waals surface area contributed by atoms with Gasteiger partial charge in [0.2, 0.25) is 0 Å². The van der Waals surface area contributed by atoms with Crippen molar-refractivity contribution < 1.29 is 0 Å². The van der Waals surface area contributed by atoms with E-state index in [0.717, 1.165) is 16.2 Å². The molecule has 0 aromatic carbocycles. The van der Waals surface area contributed by atoms with Gasteiger partial charge in [0.25, 0.3) is 0 Å². The fourth-order valence-electron chi connectivity index (χ4n) is 2.16. The van der Waals surface area contributed by atoms with Crippen LogP contribution in [0.4, 0.5) is 0 Å². The smallest absolute Gasteiger partial charge is 0.114 e. The van der Waals surface area contributed by atoms with Crippen molar-refractivity contribution in [3.63, 3.8) is 0 Å². The lowest BCUT2D eigenvalue weighted by Crippen LogP contribution is -1.87. The summed E-state index contributed by atoms with van der Waals surface area (Å²) in [5.74, 6) is 2.70. The minimum atomic E-state index is 0.911. The summed E-state index contributed by atoms with van der Waals surface area (Å²) >= 11 is 6.96. The average Bonchev–Trinajstić information content (AvgIpc) is 2.43. The molecule has 0 fully saturated rings. The van der Waals surface area contributed by atoms with E-state index in [1.165, 1.54) is 62.4 Å². The number of alkyl halides is 1. The number of rotatable bonds is 11. The molecule has 112 valence electrons. The van der Waals surface area contributed by atoms with Crippen molar-refractivity contribution in [2.75, 3.05) is 5.33 Å². The van der Waals surface area contributed by atoms with Crippen LogP contribution in [0.3, 0.4) is 0 Å². The lowest BCUT2D eigenvalue weighted by Gasteiger charge is -2.05. The fourth-order valence-corrected chi connectivity index (χ4v) is 2.87. The third-order valence-electron chi connectivity index (χ3n) is 3.20. The summed E-state index contributed by atoms with van der Waals surface area (Å²) in [6, 6.07) is 0. The molecule has 0 aliphatic rings. The Hall–Kier alpha value is 0.0649. The van der Waals surface area contributed by atoms with Crippen LogP contribution in [0, 0.1) is 12.3 Å². The second-order valence-corrected chi connectivity index (χ2v) is 7.06. The second kappa shape index (κ2) is 14.0. The van der Waals surface area contributed by atoms with Gasteiger partial charge in [-0.25, -0.2) is 0 Å². The molecular formula is C17H27BBr2. The van der Waals surface area contributed by atoms with Crippen LogP contribution < -0.4 is 0 Å². The molecule has 0 saturated carbocycles. The fraction of sp³-hybridized carbons (Fsp3) is 0.647. The van der Waals surface area contributed by atoms with Crippen LogP contribution in [-0.2, 0) is 0 Å². The molecule has 0 nitrogen and oxygen atoms in total. The first-order chi connectivity index (χ1) is 9.61. The summed E-state index contributed by atoms with van der Waals surface area (Å²) in [6.45, 7) is 2.11. The molecule has 0 aromatic rings. The minimum absolute atomic E-state index is 0.911. The lowest BCUT2D eigenvalue weighted by molar-refractivity contribution is 0.577. The van der Waals surface area contributed by atoms with Crippen molar-refractivity contribution >= 4 is 39.7 Å². The SMILES string of the molecule is B/C(C)=C/C(CCCCCCCCCCBr)=C(/Br)C#C. The molecule has 0 amide bonds. The van der Waals surface area contributed by atoms with Crippen molar-refractivity contribution in [2.24, 2.45) is 0 Å². The first-order valence-corrected chi connectivity index (χ1v) is 9.59. The standard InChI is InChI=1S/C17H27BBr2/c1-3-17(20)16(14-15(2)18)12-10-8-6-4-5-7-9-11-13-19/h1,14H,4-13,18H2,2H3/b15-14+,17-16+. The quantitative estimate of drug-likeness (QED) is 0.137. The van der Waals surface area contributed by atoms with Gasteiger partial charge in [-0.3, -0.25) is 0 Å². The first-order valence-electron chi connectivity index (χ1n) is 7.68. The molecule has 0 aromatic heterocycles. The molecule has 3 heteroatoms. The maximum Gasteiger partial charge on any atom is 0.133 e. The van der Waals surface area contributed by atoms with Crippen molar-refractivity contribution in [3.05, 3.63) is 21.6 Å². The number of hydrogen-bond acceptors (Lipinski definition) is 0. The summed E-state index contributed by atoms with van der Waals surface area (Å²) in [7, 11) is 2.11. The maximum absolute atomic E-state index is 5.47. The van der Waals surface area contributed by atoms with Gasteiger partial charge in [0.1, 0.15) is 7.85 Å². The third-order valence-corrected chi connectivity index (χ3v) is 4.50. The molecule has 0 saturated heterocycles. The molecule has 0 aliphatic heterocycles. The zero-order valence-electron chi connectivity index (χ0n) is 13.0. The zero-order valence-corrected chi connectivity index (χ0v) is 16.2. The van der Waals surface area contributed by atoms with E-state index in [1.807, 2.05) is 0 Å². The molecule has 0 rings (SSSR count). The number of unbranched alkanes of at least 4 members (excludes halogenated alkanes) is 7. The average molecular weight is 402 g/mol. The number of terminal acetylenes is 1. The summed E-state index contributed by atoms with van der Waals surface area (Å²) in [5.41, 5.74) is 2.57. The van der Waals surface area contributed by atoms with Crippen LogP contribution >= 0.6 is 31.9 Å². The second-order valence-electron chi connectivity index (χ2n) is 5.47. The third kappa shape index (κ3) is 11.9. The van der Waals surface area contributed by atoms with Gasteiger partial charge in [-0.2, -0.15) is 0 Å². The van der Waals surface area contributed by atoms with E-state index in [4.69, 9.17) is 6.42 Å².